The number of aryl methyl sites for hydroxylation is 1. The van der Waals surface area contributed by atoms with E-state index in [2.05, 4.69) is 5.32 Å². The van der Waals surface area contributed by atoms with E-state index < -0.39 is 5.91 Å². The van der Waals surface area contributed by atoms with Crippen molar-refractivity contribution in [2.45, 2.75) is 13.8 Å². The van der Waals surface area contributed by atoms with E-state index in [9.17, 15) is 9.59 Å². The zero-order valence-electron chi connectivity index (χ0n) is 11.0. The monoisotopic (exact) mass is 249 g/mol. The van der Waals surface area contributed by atoms with Gasteiger partial charge in [-0.2, -0.15) is 0 Å². The SMILES string of the molecule is Cc1cccc(NC(=O)CN(C)CC(N)=O)c1C. The molecule has 0 unspecified atom stereocenters. The molecule has 1 rings (SSSR count). The van der Waals surface area contributed by atoms with E-state index in [1.807, 2.05) is 32.0 Å². The highest BCUT2D eigenvalue weighted by atomic mass is 16.2. The second-order valence-electron chi connectivity index (χ2n) is 4.43. The van der Waals surface area contributed by atoms with Gasteiger partial charge in [-0.15, -0.1) is 0 Å². The molecule has 5 heteroatoms. The summed E-state index contributed by atoms with van der Waals surface area (Å²) in [7, 11) is 1.67. The van der Waals surface area contributed by atoms with Crippen LogP contribution in [0.2, 0.25) is 0 Å². The van der Waals surface area contributed by atoms with Crippen molar-refractivity contribution in [3.8, 4) is 0 Å². The Morgan fingerprint density at radius 3 is 2.56 bits per heavy atom. The maximum atomic E-state index is 11.8. The van der Waals surface area contributed by atoms with Crippen molar-refractivity contribution < 1.29 is 9.59 Å². The van der Waals surface area contributed by atoms with Gasteiger partial charge in [-0.3, -0.25) is 14.5 Å². The van der Waals surface area contributed by atoms with Crippen molar-refractivity contribution in [1.82, 2.24) is 4.90 Å². The molecule has 0 saturated carbocycles. The number of hydrogen-bond acceptors (Lipinski definition) is 3. The molecular formula is C13H19N3O2. The first-order chi connectivity index (χ1) is 8.40. The fourth-order valence-corrected chi connectivity index (χ4v) is 1.64. The van der Waals surface area contributed by atoms with E-state index in [4.69, 9.17) is 5.73 Å². The minimum Gasteiger partial charge on any atom is -0.369 e. The van der Waals surface area contributed by atoms with E-state index >= 15 is 0 Å². The van der Waals surface area contributed by atoms with Gasteiger partial charge in [0.15, 0.2) is 0 Å². The van der Waals surface area contributed by atoms with E-state index in [1.165, 1.54) is 0 Å². The summed E-state index contributed by atoms with van der Waals surface area (Å²) in [6.45, 7) is 4.15. The molecule has 0 heterocycles. The van der Waals surface area contributed by atoms with E-state index in [-0.39, 0.29) is 19.0 Å². The minimum absolute atomic E-state index is 0.0697. The number of nitrogens with two attached hydrogens (primary N) is 1. The molecule has 0 aliphatic rings. The lowest BCUT2D eigenvalue weighted by molar-refractivity contribution is -0.120. The summed E-state index contributed by atoms with van der Waals surface area (Å²) in [4.78, 5) is 24.0. The van der Waals surface area contributed by atoms with E-state index in [1.54, 1.807) is 11.9 Å². The Morgan fingerprint density at radius 2 is 1.94 bits per heavy atom. The third kappa shape index (κ3) is 4.18. The fourth-order valence-electron chi connectivity index (χ4n) is 1.64. The van der Waals surface area contributed by atoms with Crippen LogP contribution in [0.15, 0.2) is 18.2 Å². The number of amides is 2. The van der Waals surface area contributed by atoms with E-state index in [0.717, 1.165) is 16.8 Å². The summed E-state index contributed by atoms with van der Waals surface area (Å²) in [6, 6.07) is 5.74. The van der Waals surface area contributed by atoms with Crippen LogP contribution in [0, 0.1) is 13.8 Å². The first kappa shape index (κ1) is 14.2. The van der Waals surface area contributed by atoms with Gasteiger partial charge in [0, 0.05) is 5.69 Å². The second kappa shape index (κ2) is 6.16. The lowest BCUT2D eigenvalue weighted by Gasteiger charge is -2.15. The number of primary amides is 1. The molecule has 2 amide bonds. The quantitative estimate of drug-likeness (QED) is 0.805. The van der Waals surface area contributed by atoms with Gasteiger partial charge in [0.1, 0.15) is 0 Å². The summed E-state index contributed by atoms with van der Waals surface area (Å²) in [6.07, 6.45) is 0. The van der Waals surface area contributed by atoms with Crippen LogP contribution in [-0.4, -0.2) is 36.9 Å². The maximum absolute atomic E-state index is 11.8. The summed E-state index contributed by atoms with van der Waals surface area (Å²) >= 11 is 0. The molecule has 18 heavy (non-hydrogen) atoms. The summed E-state index contributed by atoms with van der Waals surface area (Å²) in [5.74, 6) is -0.607. The molecule has 0 aromatic heterocycles. The third-order valence-electron chi connectivity index (χ3n) is 2.72. The van der Waals surface area contributed by atoms with Crippen LogP contribution in [0.4, 0.5) is 5.69 Å². The van der Waals surface area contributed by atoms with Gasteiger partial charge < -0.3 is 11.1 Å². The first-order valence-corrected chi connectivity index (χ1v) is 5.73. The molecule has 0 spiro atoms. The minimum atomic E-state index is -0.447. The number of hydrogen-bond donors (Lipinski definition) is 2. The van der Waals surface area contributed by atoms with Crippen molar-refractivity contribution in [3.63, 3.8) is 0 Å². The van der Waals surface area contributed by atoms with Crippen molar-refractivity contribution >= 4 is 17.5 Å². The standard InChI is InChI=1S/C13H19N3O2/c1-9-5-4-6-11(10(9)2)15-13(18)8-16(3)7-12(14)17/h4-6H,7-8H2,1-3H3,(H2,14,17)(H,15,18). The normalized spacial score (nSPS) is 10.4. The lowest BCUT2D eigenvalue weighted by Crippen LogP contribution is -2.36. The van der Waals surface area contributed by atoms with Gasteiger partial charge in [0.25, 0.3) is 0 Å². The van der Waals surface area contributed by atoms with Crippen LogP contribution in [0.25, 0.3) is 0 Å². The van der Waals surface area contributed by atoms with Gasteiger partial charge in [0.05, 0.1) is 13.1 Å². The predicted molar refractivity (Wildman–Crippen MR) is 71.2 cm³/mol. The highest BCUT2D eigenvalue weighted by Gasteiger charge is 2.10. The molecule has 0 aliphatic carbocycles. The Balaban J connectivity index is 2.59. The Labute approximate surface area is 107 Å². The Hall–Kier alpha value is -1.88. The molecule has 5 nitrogen and oxygen atoms in total. The van der Waals surface area contributed by atoms with Gasteiger partial charge >= 0.3 is 0 Å². The van der Waals surface area contributed by atoms with Crippen LogP contribution in [0.5, 0.6) is 0 Å². The van der Waals surface area contributed by atoms with Crippen molar-refractivity contribution in [1.29, 1.82) is 0 Å². The van der Waals surface area contributed by atoms with Crippen molar-refractivity contribution in [2.24, 2.45) is 5.73 Å². The van der Waals surface area contributed by atoms with Crippen LogP contribution >= 0.6 is 0 Å². The zero-order chi connectivity index (χ0) is 13.7. The molecule has 0 bridgehead atoms. The Bertz CT molecular complexity index is 458. The van der Waals surface area contributed by atoms with Crippen LogP contribution in [0.3, 0.4) is 0 Å². The highest BCUT2D eigenvalue weighted by molar-refractivity contribution is 5.93. The molecule has 0 saturated heterocycles. The second-order valence-corrected chi connectivity index (χ2v) is 4.43. The van der Waals surface area contributed by atoms with Crippen LogP contribution in [-0.2, 0) is 9.59 Å². The van der Waals surface area contributed by atoms with Gasteiger partial charge in [-0.25, -0.2) is 0 Å². The number of carbonyl (C=O) groups is 2. The number of benzene rings is 1. The molecule has 3 N–H and O–H groups in total. The first-order valence-electron chi connectivity index (χ1n) is 5.73. The lowest BCUT2D eigenvalue weighted by atomic mass is 10.1. The number of rotatable bonds is 5. The van der Waals surface area contributed by atoms with Gasteiger partial charge in [-0.05, 0) is 38.1 Å². The van der Waals surface area contributed by atoms with Crippen LogP contribution in [0.1, 0.15) is 11.1 Å². The zero-order valence-corrected chi connectivity index (χ0v) is 11.0. The molecule has 0 aliphatic heterocycles. The van der Waals surface area contributed by atoms with Crippen LogP contribution < -0.4 is 11.1 Å². The van der Waals surface area contributed by atoms with Gasteiger partial charge in [0.2, 0.25) is 11.8 Å². The molecule has 0 radical (unpaired) electrons. The van der Waals surface area contributed by atoms with Crippen molar-refractivity contribution in [3.05, 3.63) is 29.3 Å². The molecule has 0 fully saturated rings. The van der Waals surface area contributed by atoms with E-state index in [0.29, 0.717) is 0 Å². The molecule has 1 aromatic carbocycles. The van der Waals surface area contributed by atoms with Crippen molar-refractivity contribution in [2.75, 3.05) is 25.5 Å². The molecular weight excluding hydrogens is 230 g/mol. The topological polar surface area (TPSA) is 75.4 Å². The molecule has 1 aromatic rings. The third-order valence-corrected chi connectivity index (χ3v) is 2.72. The van der Waals surface area contributed by atoms with Gasteiger partial charge in [-0.1, -0.05) is 12.1 Å². The molecule has 98 valence electrons. The Morgan fingerprint density at radius 1 is 1.28 bits per heavy atom. The predicted octanol–water partition coefficient (Wildman–Crippen LogP) is 0.659. The fraction of sp³-hybridized carbons (Fsp3) is 0.385. The summed E-state index contributed by atoms with van der Waals surface area (Å²) < 4.78 is 0. The number of carbonyl (C=O) groups excluding carboxylic acids is 2. The highest BCUT2D eigenvalue weighted by Crippen LogP contribution is 2.17. The summed E-state index contributed by atoms with van der Waals surface area (Å²) in [5, 5.41) is 2.82. The summed E-state index contributed by atoms with van der Waals surface area (Å²) in [5.41, 5.74) is 8.02. The average Bonchev–Trinajstić information content (AvgIpc) is 2.23. The average molecular weight is 249 g/mol. The maximum Gasteiger partial charge on any atom is 0.238 e. The molecule has 0 atom stereocenters. The number of likely N-dealkylation sites (N-methyl/N-ethyl adjacent to an activating group) is 1. The Kier molecular flexibility index (Phi) is 4.85. The number of nitrogens with zero attached hydrogens (tertiary/aromatic N) is 1. The largest absolute Gasteiger partial charge is 0.369 e. The number of anilines is 1. The smallest absolute Gasteiger partial charge is 0.238 e. The number of nitrogens with one attached hydrogen (secondary N) is 1.